The van der Waals surface area contributed by atoms with Crippen LogP contribution < -0.4 is 5.32 Å². The highest BCUT2D eigenvalue weighted by atomic mass is 79.9. The molecule has 4 nitrogen and oxygen atoms in total. The smallest absolute Gasteiger partial charge is 0.247 e. The summed E-state index contributed by atoms with van der Waals surface area (Å²) in [5, 5.41) is 9.72. The predicted molar refractivity (Wildman–Crippen MR) is 79.1 cm³/mol. The van der Waals surface area contributed by atoms with Gasteiger partial charge in [-0.2, -0.15) is 4.98 Å². The van der Waals surface area contributed by atoms with Gasteiger partial charge in [-0.05, 0) is 47.8 Å². The number of hydrogen-bond donors (Lipinski definition) is 1. The topological polar surface area (TPSA) is 51.0 Å². The molecule has 1 unspecified atom stereocenters. The van der Waals surface area contributed by atoms with E-state index in [2.05, 4.69) is 38.3 Å². The SMILES string of the molecule is CCCC1(c2nc(-c3cc(Br)cs3)no2)CCCN1. The maximum Gasteiger partial charge on any atom is 0.247 e. The van der Waals surface area contributed by atoms with Gasteiger partial charge in [-0.1, -0.05) is 18.5 Å². The van der Waals surface area contributed by atoms with Gasteiger partial charge in [0.25, 0.3) is 0 Å². The summed E-state index contributed by atoms with van der Waals surface area (Å²) in [5.74, 6) is 1.43. The molecule has 2 aromatic heterocycles. The van der Waals surface area contributed by atoms with E-state index in [1.165, 1.54) is 6.42 Å². The molecule has 0 bridgehead atoms. The van der Waals surface area contributed by atoms with E-state index in [0.29, 0.717) is 5.82 Å². The van der Waals surface area contributed by atoms with Crippen molar-refractivity contribution in [2.24, 2.45) is 0 Å². The molecule has 1 N–H and O–H groups in total. The molecule has 1 fully saturated rings. The van der Waals surface area contributed by atoms with Gasteiger partial charge < -0.3 is 9.84 Å². The van der Waals surface area contributed by atoms with E-state index in [-0.39, 0.29) is 5.54 Å². The molecule has 19 heavy (non-hydrogen) atoms. The predicted octanol–water partition coefficient (Wildman–Crippen LogP) is 3.94. The van der Waals surface area contributed by atoms with Crippen LogP contribution in [0.2, 0.25) is 0 Å². The third kappa shape index (κ3) is 2.49. The third-order valence-corrected chi connectivity index (χ3v) is 5.23. The Kier molecular flexibility index (Phi) is 3.73. The molecule has 102 valence electrons. The van der Waals surface area contributed by atoms with Crippen molar-refractivity contribution in [1.29, 1.82) is 0 Å². The molecule has 0 radical (unpaired) electrons. The van der Waals surface area contributed by atoms with Gasteiger partial charge in [0.15, 0.2) is 0 Å². The Morgan fingerprint density at radius 3 is 3.11 bits per heavy atom. The third-order valence-electron chi connectivity index (χ3n) is 3.54. The van der Waals surface area contributed by atoms with Crippen molar-refractivity contribution in [2.75, 3.05) is 6.54 Å². The fourth-order valence-electron chi connectivity index (χ4n) is 2.68. The molecular formula is C13H16BrN3OS. The lowest BCUT2D eigenvalue weighted by Crippen LogP contribution is -2.36. The summed E-state index contributed by atoms with van der Waals surface area (Å²) < 4.78 is 6.59. The molecule has 3 heterocycles. The zero-order valence-corrected chi connectivity index (χ0v) is 13.2. The highest BCUT2D eigenvalue weighted by molar-refractivity contribution is 9.10. The highest BCUT2D eigenvalue weighted by Crippen LogP contribution is 2.36. The van der Waals surface area contributed by atoms with E-state index in [4.69, 9.17) is 4.52 Å². The van der Waals surface area contributed by atoms with Crippen molar-refractivity contribution < 1.29 is 4.52 Å². The van der Waals surface area contributed by atoms with Gasteiger partial charge in [0.1, 0.15) is 0 Å². The van der Waals surface area contributed by atoms with Crippen LogP contribution >= 0.6 is 27.3 Å². The lowest BCUT2D eigenvalue weighted by molar-refractivity contribution is 0.241. The van der Waals surface area contributed by atoms with Gasteiger partial charge >= 0.3 is 0 Å². The average Bonchev–Trinajstić information content (AvgIpc) is 3.07. The normalized spacial score (nSPS) is 23.1. The largest absolute Gasteiger partial charge is 0.337 e. The number of thiophene rings is 1. The Balaban J connectivity index is 1.91. The van der Waals surface area contributed by atoms with Gasteiger partial charge in [-0.15, -0.1) is 11.3 Å². The second-order valence-electron chi connectivity index (χ2n) is 4.91. The first-order valence-corrected chi connectivity index (χ1v) is 8.24. The standard InChI is InChI=1S/C13H16BrN3OS/c1-2-4-13(5-3-6-15-13)12-16-11(17-18-12)10-7-9(14)8-19-10/h7-8,15H,2-6H2,1H3. The monoisotopic (exact) mass is 341 g/mol. The van der Waals surface area contributed by atoms with Crippen LogP contribution in [0.4, 0.5) is 0 Å². The fourth-order valence-corrected chi connectivity index (χ4v) is 4.04. The average molecular weight is 342 g/mol. The van der Waals surface area contributed by atoms with Crippen molar-refractivity contribution in [2.45, 2.75) is 38.1 Å². The number of hydrogen-bond acceptors (Lipinski definition) is 5. The summed E-state index contributed by atoms with van der Waals surface area (Å²) >= 11 is 5.07. The van der Waals surface area contributed by atoms with Crippen molar-refractivity contribution >= 4 is 27.3 Å². The molecule has 6 heteroatoms. The van der Waals surface area contributed by atoms with E-state index in [1.807, 2.05) is 11.4 Å². The molecule has 1 atom stereocenters. The van der Waals surface area contributed by atoms with E-state index < -0.39 is 0 Å². The van der Waals surface area contributed by atoms with Crippen LogP contribution in [0.3, 0.4) is 0 Å². The Hall–Kier alpha value is -0.720. The van der Waals surface area contributed by atoms with Gasteiger partial charge in [-0.3, -0.25) is 0 Å². The van der Waals surface area contributed by atoms with Crippen LogP contribution in [0.25, 0.3) is 10.7 Å². The zero-order valence-electron chi connectivity index (χ0n) is 10.8. The minimum absolute atomic E-state index is 0.103. The number of nitrogens with zero attached hydrogens (tertiary/aromatic N) is 2. The Bertz CT molecular complexity index is 560. The van der Waals surface area contributed by atoms with Crippen LogP contribution in [0, 0.1) is 0 Å². The maximum atomic E-state index is 5.54. The molecule has 1 aliphatic heterocycles. The quantitative estimate of drug-likeness (QED) is 0.914. The fraction of sp³-hybridized carbons (Fsp3) is 0.538. The minimum atomic E-state index is -0.103. The van der Waals surface area contributed by atoms with Crippen LogP contribution in [-0.4, -0.2) is 16.7 Å². The van der Waals surface area contributed by atoms with Gasteiger partial charge in [0.05, 0.1) is 10.4 Å². The number of halogens is 1. The highest BCUT2D eigenvalue weighted by Gasteiger charge is 2.39. The van der Waals surface area contributed by atoms with Crippen molar-refractivity contribution in [3.05, 3.63) is 21.8 Å². The molecule has 0 spiro atoms. The zero-order chi connectivity index (χ0) is 13.3. The van der Waals surface area contributed by atoms with Crippen molar-refractivity contribution in [3.8, 4) is 10.7 Å². The maximum absolute atomic E-state index is 5.54. The molecule has 0 amide bonds. The second-order valence-corrected chi connectivity index (χ2v) is 6.74. The van der Waals surface area contributed by atoms with E-state index >= 15 is 0 Å². The van der Waals surface area contributed by atoms with Crippen LogP contribution in [-0.2, 0) is 5.54 Å². The molecule has 2 aromatic rings. The summed E-state index contributed by atoms with van der Waals surface area (Å²) in [6.45, 7) is 3.22. The van der Waals surface area contributed by atoms with Crippen LogP contribution in [0.5, 0.6) is 0 Å². The summed E-state index contributed by atoms with van der Waals surface area (Å²) in [6, 6.07) is 2.02. The molecular weight excluding hydrogens is 326 g/mol. The Labute approximate surface area is 124 Å². The number of nitrogens with one attached hydrogen (secondary N) is 1. The molecule has 0 aromatic carbocycles. The van der Waals surface area contributed by atoms with Crippen LogP contribution in [0.1, 0.15) is 38.5 Å². The van der Waals surface area contributed by atoms with Gasteiger partial charge in [0.2, 0.25) is 11.7 Å². The van der Waals surface area contributed by atoms with Gasteiger partial charge in [-0.25, -0.2) is 0 Å². The number of rotatable bonds is 4. The second kappa shape index (κ2) is 5.34. The number of aromatic nitrogens is 2. The molecule has 0 aliphatic carbocycles. The first-order chi connectivity index (χ1) is 9.23. The Morgan fingerprint density at radius 1 is 1.58 bits per heavy atom. The van der Waals surface area contributed by atoms with Crippen molar-refractivity contribution in [1.82, 2.24) is 15.5 Å². The minimum Gasteiger partial charge on any atom is -0.337 e. The summed E-state index contributed by atoms with van der Waals surface area (Å²) in [5.41, 5.74) is -0.103. The van der Waals surface area contributed by atoms with Gasteiger partial charge in [0, 0.05) is 9.85 Å². The van der Waals surface area contributed by atoms with Crippen molar-refractivity contribution in [3.63, 3.8) is 0 Å². The Morgan fingerprint density at radius 2 is 2.47 bits per heavy atom. The molecule has 1 saturated heterocycles. The van der Waals surface area contributed by atoms with E-state index in [9.17, 15) is 0 Å². The summed E-state index contributed by atoms with van der Waals surface area (Å²) in [4.78, 5) is 5.65. The van der Waals surface area contributed by atoms with E-state index in [0.717, 1.165) is 41.0 Å². The summed E-state index contributed by atoms with van der Waals surface area (Å²) in [6.07, 6.45) is 4.40. The lowest BCUT2D eigenvalue weighted by Gasteiger charge is -2.24. The lowest BCUT2D eigenvalue weighted by atomic mass is 9.92. The molecule has 3 rings (SSSR count). The molecule has 1 aliphatic rings. The first kappa shape index (κ1) is 13.3. The van der Waals surface area contributed by atoms with E-state index in [1.54, 1.807) is 11.3 Å². The first-order valence-electron chi connectivity index (χ1n) is 6.57. The summed E-state index contributed by atoms with van der Waals surface area (Å²) in [7, 11) is 0. The molecule has 0 saturated carbocycles. The van der Waals surface area contributed by atoms with Crippen LogP contribution in [0.15, 0.2) is 20.4 Å².